The third-order valence-corrected chi connectivity index (χ3v) is 3.69. The topological polar surface area (TPSA) is 12.0 Å². The number of rotatable bonds is 8. The van der Waals surface area contributed by atoms with E-state index in [9.17, 15) is 0 Å². The molecule has 0 unspecified atom stereocenters. The molecule has 0 amide bonds. The molecule has 0 aliphatic heterocycles. The van der Waals surface area contributed by atoms with Gasteiger partial charge in [-0.2, -0.15) is 0 Å². The molecular formula is C14H25NS. The van der Waals surface area contributed by atoms with E-state index in [1.165, 1.54) is 37.1 Å². The van der Waals surface area contributed by atoms with Gasteiger partial charge in [0.25, 0.3) is 0 Å². The third-order valence-electron chi connectivity index (χ3n) is 2.63. The van der Waals surface area contributed by atoms with Gasteiger partial charge in [0.05, 0.1) is 0 Å². The molecule has 1 rings (SSSR count). The van der Waals surface area contributed by atoms with Crippen LogP contribution in [0.15, 0.2) is 12.1 Å². The number of thiophene rings is 1. The fourth-order valence-corrected chi connectivity index (χ4v) is 2.67. The molecule has 0 aliphatic carbocycles. The Balaban J connectivity index is 1.92. The zero-order chi connectivity index (χ0) is 11.8. The summed E-state index contributed by atoms with van der Waals surface area (Å²) in [6.07, 6.45) is 5.27. The number of aryl methyl sites for hydroxylation is 2. The van der Waals surface area contributed by atoms with Gasteiger partial charge in [-0.25, -0.2) is 0 Å². The highest BCUT2D eigenvalue weighted by Gasteiger charge is 1.97. The van der Waals surface area contributed by atoms with E-state index in [0.29, 0.717) is 0 Å². The first-order valence-corrected chi connectivity index (χ1v) is 7.26. The predicted molar refractivity (Wildman–Crippen MR) is 74.3 cm³/mol. The predicted octanol–water partition coefficient (Wildman–Crippen LogP) is 4.01. The minimum absolute atomic E-state index is 0.772. The molecule has 2 heteroatoms. The molecule has 1 nitrogen and oxygen atoms in total. The van der Waals surface area contributed by atoms with E-state index < -0.39 is 0 Å². The van der Waals surface area contributed by atoms with E-state index in [-0.39, 0.29) is 0 Å². The maximum absolute atomic E-state index is 3.49. The van der Waals surface area contributed by atoms with Gasteiger partial charge >= 0.3 is 0 Å². The van der Waals surface area contributed by atoms with Crippen molar-refractivity contribution in [1.29, 1.82) is 0 Å². The molecule has 0 spiro atoms. The van der Waals surface area contributed by atoms with Gasteiger partial charge in [-0.3, -0.25) is 0 Å². The molecule has 0 atom stereocenters. The van der Waals surface area contributed by atoms with Crippen LogP contribution in [0.1, 0.15) is 42.9 Å². The lowest BCUT2D eigenvalue weighted by molar-refractivity contribution is 0.530. The van der Waals surface area contributed by atoms with Crippen LogP contribution in [0.2, 0.25) is 0 Å². The lowest BCUT2D eigenvalue weighted by atomic mass is 10.1. The van der Waals surface area contributed by atoms with E-state index in [2.05, 4.69) is 38.2 Å². The maximum atomic E-state index is 3.49. The van der Waals surface area contributed by atoms with Crippen molar-refractivity contribution in [2.45, 2.75) is 46.5 Å². The van der Waals surface area contributed by atoms with Crippen molar-refractivity contribution < 1.29 is 0 Å². The number of hydrogen-bond donors (Lipinski definition) is 1. The quantitative estimate of drug-likeness (QED) is 0.676. The number of nitrogens with one attached hydrogen (secondary N) is 1. The average Bonchev–Trinajstić information content (AvgIpc) is 2.62. The number of hydrogen-bond acceptors (Lipinski definition) is 2. The van der Waals surface area contributed by atoms with Crippen molar-refractivity contribution >= 4 is 11.3 Å². The van der Waals surface area contributed by atoms with Crippen LogP contribution in [-0.2, 0) is 6.42 Å². The van der Waals surface area contributed by atoms with Crippen LogP contribution in [0, 0.1) is 12.8 Å². The van der Waals surface area contributed by atoms with Gasteiger partial charge in [0.2, 0.25) is 0 Å². The Morgan fingerprint density at radius 2 is 2.00 bits per heavy atom. The van der Waals surface area contributed by atoms with E-state index in [0.717, 1.165) is 12.5 Å². The fourth-order valence-electron chi connectivity index (χ4n) is 1.74. The molecule has 1 aromatic heterocycles. The summed E-state index contributed by atoms with van der Waals surface area (Å²) in [5.74, 6) is 0.772. The molecule has 92 valence electrons. The fraction of sp³-hybridized carbons (Fsp3) is 0.714. The van der Waals surface area contributed by atoms with Crippen molar-refractivity contribution in [2.75, 3.05) is 13.1 Å². The van der Waals surface area contributed by atoms with Crippen molar-refractivity contribution in [3.63, 3.8) is 0 Å². The van der Waals surface area contributed by atoms with Crippen molar-refractivity contribution in [1.82, 2.24) is 5.32 Å². The van der Waals surface area contributed by atoms with Gasteiger partial charge in [-0.15, -0.1) is 11.3 Å². The van der Waals surface area contributed by atoms with E-state index in [4.69, 9.17) is 0 Å². The summed E-state index contributed by atoms with van der Waals surface area (Å²) >= 11 is 1.94. The second-order valence-electron chi connectivity index (χ2n) is 4.92. The molecule has 0 bridgehead atoms. The molecule has 0 saturated heterocycles. The molecule has 0 radical (unpaired) electrons. The Labute approximate surface area is 104 Å². The Hall–Kier alpha value is -0.340. The Kier molecular flexibility index (Phi) is 6.74. The van der Waals surface area contributed by atoms with Crippen molar-refractivity contribution in [3.8, 4) is 0 Å². The molecule has 16 heavy (non-hydrogen) atoms. The minimum Gasteiger partial charge on any atom is -0.316 e. The van der Waals surface area contributed by atoms with Crippen LogP contribution in [0.5, 0.6) is 0 Å². The molecular weight excluding hydrogens is 214 g/mol. The summed E-state index contributed by atoms with van der Waals surface area (Å²) in [6.45, 7) is 9.04. The van der Waals surface area contributed by atoms with E-state index >= 15 is 0 Å². The third kappa shape index (κ3) is 6.29. The van der Waals surface area contributed by atoms with Gasteiger partial charge in [0, 0.05) is 9.75 Å². The summed E-state index contributed by atoms with van der Waals surface area (Å²) in [7, 11) is 0. The largest absolute Gasteiger partial charge is 0.316 e. The zero-order valence-electron chi connectivity index (χ0n) is 10.9. The maximum Gasteiger partial charge on any atom is 0.00480 e. The number of unbranched alkanes of at least 4 members (excludes halogenated alkanes) is 2. The zero-order valence-corrected chi connectivity index (χ0v) is 11.7. The minimum atomic E-state index is 0.772. The van der Waals surface area contributed by atoms with Crippen LogP contribution in [-0.4, -0.2) is 13.1 Å². The van der Waals surface area contributed by atoms with E-state index in [1.54, 1.807) is 4.88 Å². The van der Waals surface area contributed by atoms with Crippen LogP contribution in [0.3, 0.4) is 0 Å². The lowest BCUT2D eigenvalue weighted by Crippen LogP contribution is -2.20. The normalized spacial score (nSPS) is 11.2. The van der Waals surface area contributed by atoms with Crippen LogP contribution in [0.25, 0.3) is 0 Å². The monoisotopic (exact) mass is 239 g/mol. The van der Waals surface area contributed by atoms with Gasteiger partial charge in [-0.1, -0.05) is 20.3 Å². The van der Waals surface area contributed by atoms with Crippen molar-refractivity contribution in [2.24, 2.45) is 5.92 Å². The first-order chi connectivity index (χ1) is 7.68. The second-order valence-corrected chi connectivity index (χ2v) is 6.29. The smallest absolute Gasteiger partial charge is 0.00480 e. The Morgan fingerprint density at radius 1 is 1.19 bits per heavy atom. The van der Waals surface area contributed by atoms with Gasteiger partial charge in [-0.05, 0) is 57.3 Å². The van der Waals surface area contributed by atoms with Gasteiger partial charge in [0.15, 0.2) is 0 Å². The Morgan fingerprint density at radius 3 is 2.62 bits per heavy atom. The highest BCUT2D eigenvalue weighted by molar-refractivity contribution is 7.11. The Bertz CT molecular complexity index is 278. The molecule has 0 saturated carbocycles. The first-order valence-electron chi connectivity index (χ1n) is 6.44. The molecule has 1 aromatic rings. The van der Waals surface area contributed by atoms with Crippen LogP contribution >= 0.6 is 11.3 Å². The summed E-state index contributed by atoms with van der Waals surface area (Å²) < 4.78 is 0. The van der Waals surface area contributed by atoms with Crippen molar-refractivity contribution in [3.05, 3.63) is 21.9 Å². The van der Waals surface area contributed by atoms with Crippen LogP contribution < -0.4 is 5.32 Å². The molecule has 1 heterocycles. The molecule has 0 fully saturated rings. The highest BCUT2D eigenvalue weighted by atomic mass is 32.1. The van der Waals surface area contributed by atoms with Gasteiger partial charge < -0.3 is 5.32 Å². The highest BCUT2D eigenvalue weighted by Crippen LogP contribution is 2.17. The SMILES string of the molecule is Cc1ccc(CCCCCNCC(C)C)s1. The molecule has 0 aliphatic rings. The summed E-state index contributed by atoms with van der Waals surface area (Å²) in [5, 5.41) is 3.49. The second kappa shape index (κ2) is 7.86. The summed E-state index contributed by atoms with van der Waals surface area (Å²) in [5.41, 5.74) is 0. The first kappa shape index (κ1) is 13.7. The molecule has 1 N–H and O–H groups in total. The van der Waals surface area contributed by atoms with E-state index in [1.807, 2.05) is 11.3 Å². The summed E-state index contributed by atoms with van der Waals surface area (Å²) in [6, 6.07) is 4.50. The average molecular weight is 239 g/mol. The summed E-state index contributed by atoms with van der Waals surface area (Å²) in [4.78, 5) is 2.99. The molecule has 0 aromatic carbocycles. The lowest BCUT2D eigenvalue weighted by Gasteiger charge is -2.06. The standard InChI is InChI=1S/C14H25NS/c1-12(2)11-15-10-6-4-5-7-14-9-8-13(3)16-14/h8-9,12,15H,4-7,10-11H2,1-3H3. The van der Waals surface area contributed by atoms with Gasteiger partial charge in [0.1, 0.15) is 0 Å². The van der Waals surface area contributed by atoms with Crippen LogP contribution in [0.4, 0.5) is 0 Å².